The molecule has 0 radical (unpaired) electrons. The Morgan fingerprint density at radius 3 is 2.47 bits per heavy atom. The summed E-state index contributed by atoms with van der Waals surface area (Å²) in [6.45, 7) is 1.67. The minimum absolute atomic E-state index is 0.0164. The summed E-state index contributed by atoms with van der Waals surface area (Å²) < 4.78 is 0. The lowest BCUT2D eigenvalue weighted by Crippen LogP contribution is -2.51. The third-order valence-electron chi connectivity index (χ3n) is 2.52. The molecule has 1 fully saturated rings. The van der Waals surface area contributed by atoms with Gasteiger partial charge in [-0.15, -0.1) is 0 Å². The van der Waals surface area contributed by atoms with E-state index in [0.717, 1.165) is 18.1 Å². The molecule has 0 bridgehead atoms. The first-order valence-corrected chi connectivity index (χ1v) is 6.79. The Labute approximate surface area is 106 Å². The van der Waals surface area contributed by atoms with Crippen LogP contribution in [0.2, 0.25) is 0 Å². The number of hydrogen-bond donors (Lipinski definition) is 1. The number of nitrogens with zero attached hydrogens (tertiary/aromatic N) is 3. The van der Waals surface area contributed by atoms with Gasteiger partial charge in [0.15, 0.2) is 0 Å². The zero-order valence-corrected chi connectivity index (χ0v) is 10.5. The molecule has 0 spiro atoms. The fourth-order valence-electron chi connectivity index (χ4n) is 1.65. The quantitative estimate of drug-likeness (QED) is 0.763. The standard InChI is InChI=1S/C11H16N4OS/c12-3-1-6-15(7-2-4-13)11(16)10-9-17-8-5-14-10/h10,14H,1-2,5-9H2. The van der Waals surface area contributed by atoms with Gasteiger partial charge >= 0.3 is 0 Å². The molecule has 1 heterocycles. The third kappa shape index (κ3) is 4.64. The number of amides is 1. The van der Waals surface area contributed by atoms with Crippen molar-refractivity contribution in [3.63, 3.8) is 0 Å². The van der Waals surface area contributed by atoms with E-state index < -0.39 is 0 Å². The van der Waals surface area contributed by atoms with Gasteiger partial charge < -0.3 is 10.2 Å². The predicted octanol–water partition coefficient (Wildman–Crippen LogP) is 0.347. The van der Waals surface area contributed by atoms with E-state index >= 15 is 0 Å². The molecule has 1 amide bonds. The molecule has 1 rings (SSSR count). The molecule has 17 heavy (non-hydrogen) atoms. The second-order valence-corrected chi connectivity index (χ2v) is 4.87. The number of nitrogens with one attached hydrogen (secondary N) is 1. The largest absolute Gasteiger partial charge is 0.339 e. The molecule has 1 aliphatic rings. The molecular weight excluding hydrogens is 236 g/mol. The summed E-state index contributed by atoms with van der Waals surface area (Å²) in [6.07, 6.45) is 0.633. The van der Waals surface area contributed by atoms with Gasteiger partial charge in [-0.3, -0.25) is 4.79 Å². The number of thioether (sulfide) groups is 1. The van der Waals surface area contributed by atoms with Crippen LogP contribution in [0.4, 0.5) is 0 Å². The second kappa shape index (κ2) is 7.94. The molecule has 0 saturated carbocycles. The first-order valence-electron chi connectivity index (χ1n) is 5.63. The van der Waals surface area contributed by atoms with Crippen molar-refractivity contribution in [2.75, 3.05) is 31.1 Å². The van der Waals surface area contributed by atoms with Gasteiger partial charge in [-0.25, -0.2) is 0 Å². The van der Waals surface area contributed by atoms with Crippen LogP contribution < -0.4 is 5.32 Å². The van der Waals surface area contributed by atoms with E-state index in [9.17, 15) is 4.79 Å². The summed E-state index contributed by atoms with van der Waals surface area (Å²) in [5, 5.41) is 20.3. The Hall–Kier alpha value is -1.24. The average Bonchev–Trinajstić information content (AvgIpc) is 2.39. The highest BCUT2D eigenvalue weighted by Crippen LogP contribution is 2.10. The SMILES string of the molecule is N#CCCN(CCC#N)C(=O)C1CSCCN1. The van der Waals surface area contributed by atoms with Crippen LogP contribution in [0.5, 0.6) is 0 Å². The summed E-state index contributed by atoms with van der Waals surface area (Å²) >= 11 is 1.76. The Morgan fingerprint density at radius 1 is 1.35 bits per heavy atom. The van der Waals surface area contributed by atoms with Crippen LogP contribution in [0.3, 0.4) is 0 Å². The number of hydrogen-bond acceptors (Lipinski definition) is 5. The van der Waals surface area contributed by atoms with Crippen molar-refractivity contribution in [2.45, 2.75) is 18.9 Å². The van der Waals surface area contributed by atoms with Crippen molar-refractivity contribution >= 4 is 17.7 Å². The lowest BCUT2D eigenvalue weighted by Gasteiger charge is -2.28. The topological polar surface area (TPSA) is 79.9 Å². The fraction of sp³-hybridized carbons (Fsp3) is 0.727. The van der Waals surface area contributed by atoms with Crippen LogP contribution in [0.15, 0.2) is 0 Å². The van der Waals surface area contributed by atoms with Crippen molar-refractivity contribution < 1.29 is 4.79 Å². The maximum absolute atomic E-state index is 12.1. The first-order chi connectivity index (χ1) is 8.29. The molecule has 6 heteroatoms. The van der Waals surface area contributed by atoms with Crippen LogP contribution in [0, 0.1) is 22.7 Å². The average molecular weight is 252 g/mol. The minimum atomic E-state index is -0.161. The maximum atomic E-state index is 12.1. The summed E-state index contributed by atoms with van der Waals surface area (Å²) in [6, 6.07) is 3.90. The van der Waals surface area contributed by atoms with Gasteiger partial charge in [0.1, 0.15) is 0 Å². The molecule has 0 aromatic heterocycles. The zero-order chi connectivity index (χ0) is 12.5. The molecule has 1 aliphatic heterocycles. The predicted molar refractivity (Wildman–Crippen MR) is 66.2 cm³/mol. The Morgan fingerprint density at radius 2 is 2.00 bits per heavy atom. The highest BCUT2D eigenvalue weighted by Gasteiger charge is 2.25. The highest BCUT2D eigenvalue weighted by atomic mass is 32.2. The Balaban J connectivity index is 2.51. The van der Waals surface area contributed by atoms with Gasteiger partial charge in [-0.05, 0) is 0 Å². The molecule has 1 atom stereocenters. The molecule has 1 N–H and O–H groups in total. The summed E-state index contributed by atoms with van der Waals surface area (Å²) in [7, 11) is 0. The summed E-state index contributed by atoms with van der Waals surface area (Å²) in [5.74, 6) is 1.82. The zero-order valence-electron chi connectivity index (χ0n) is 9.69. The van der Waals surface area contributed by atoms with Gasteiger partial charge in [-0.2, -0.15) is 22.3 Å². The normalized spacial score (nSPS) is 19.1. The number of rotatable bonds is 5. The molecule has 5 nitrogen and oxygen atoms in total. The summed E-state index contributed by atoms with van der Waals surface area (Å²) in [5.41, 5.74) is 0. The van der Waals surface area contributed by atoms with Gasteiger partial charge in [0, 0.05) is 31.1 Å². The minimum Gasteiger partial charge on any atom is -0.339 e. The number of carbonyl (C=O) groups excluding carboxylic acids is 1. The van der Waals surface area contributed by atoms with Crippen molar-refractivity contribution in [3.05, 3.63) is 0 Å². The van der Waals surface area contributed by atoms with Gasteiger partial charge in [-0.1, -0.05) is 0 Å². The van der Waals surface area contributed by atoms with Crippen molar-refractivity contribution in [3.8, 4) is 12.1 Å². The monoisotopic (exact) mass is 252 g/mol. The lowest BCUT2D eigenvalue weighted by atomic mass is 10.2. The summed E-state index contributed by atoms with van der Waals surface area (Å²) in [4.78, 5) is 13.8. The Kier molecular flexibility index (Phi) is 6.46. The fourth-order valence-corrected chi connectivity index (χ4v) is 2.57. The Bertz CT molecular complexity index is 309. The van der Waals surface area contributed by atoms with Crippen molar-refractivity contribution in [2.24, 2.45) is 0 Å². The van der Waals surface area contributed by atoms with Crippen LogP contribution in [0.25, 0.3) is 0 Å². The van der Waals surface area contributed by atoms with Crippen LogP contribution in [-0.4, -0.2) is 48.0 Å². The smallest absolute Gasteiger partial charge is 0.240 e. The van der Waals surface area contributed by atoms with Crippen molar-refractivity contribution in [1.29, 1.82) is 10.5 Å². The number of carbonyl (C=O) groups is 1. The van der Waals surface area contributed by atoms with E-state index in [4.69, 9.17) is 10.5 Å². The van der Waals surface area contributed by atoms with E-state index in [0.29, 0.717) is 25.9 Å². The van der Waals surface area contributed by atoms with Crippen LogP contribution in [0.1, 0.15) is 12.8 Å². The molecule has 92 valence electrons. The van der Waals surface area contributed by atoms with E-state index in [-0.39, 0.29) is 11.9 Å². The maximum Gasteiger partial charge on any atom is 0.240 e. The van der Waals surface area contributed by atoms with E-state index in [2.05, 4.69) is 5.32 Å². The van der Waals surface area contributed by atoms with E-state index in [1.807, 2.05) is 12.1 Å². The first kappa shape index (κ1) is 13.8. The van der Waals surface area contributed by atoms with Gasteiger partial charge in [0.25, 0.3) is 0 Å². The molecule has 1 saturated heterocycles. The lowest BCUT2D eigenvalue weighted by molar-refractivity contribution is -0.132. The van der Waals surface area contributed by atoms with Gasteiger partial charge in [0.2, 0.25) is 5.91 Å². The third-order valence-corrected chi connectivity index (χ3v) is 3.58. The second-order valence-electron chi connectivity index (χ2n) is 3.72. The number of nitriles is 2. The van der Waals surface area contributed by atoms with E-state index in [1.165, 1.54) is 0 Å². The van der Waals surface area contributed by atoms with Crippen LogP contribution in [-0.2, 0) is 4.79 Å². The van der Waals surface area contributed by atoms with Gasteiger partial charge in [0.05, 0.1) is 31.0 Å². The van der Waals surface area contributed by atoms with Crippen LogP contribution >= 0.6 is 11.8 Å². The van der Waals surface area contributed by atoms with Crippen molar-refractivity contribution in [1.82, 2.24) is 10.2 Å². The molecule has 0 aliphatic carbocycles. The highest BCUT2D eigenvalue weighted by molar-refractivity contribution is 7.99. The van der Waals surface area contributed by atoms with E-state index in [1.54, 1.807) is 16.7 Å². The molecule has 0 aromatic carbocycles. The molecule has 1 unspecified atom stereocenters. The molecular formula is C11H16N4OS. The molecule has 0 aromatic rings.